The Kier molecular flexibility index (Phi) is 10.2. The topological polar surface area (TPSA) is 85.0 Å². The van der Waals surface area contributed by atoms with E-state index in [-0.39, 0.29) is 11.4 Å². The average molecular weight is 440 g/mol. The zero-order chi connectivity index (χ0) is 22.0. The van der Waals surface area contributed by atoms with Crippen LogP contribution in [0.25, 0.3) is 0 Å². The highest BCUT2D eigenvalue weighted by atomic mass is 32.2. The van der Waals surface area contributed by atoms with E-state index in [0.717, 1.165) is 70.8 Å². The van der Waals surface area contributed by atoms with Crippen molar-refractivity contribution in [3.8, 4) is 0 Å². The van der Waals surface area contributed by atoms with Gasteiger partial charge in [0.25, 0.3) is 10.0 Å². The highest BCUT2D eigenvalue weighted by Gasteiger charge is 2.20. The predicted octanol–water partition coefficient (Wildman–Crippen LogP) is 0.349. The number of amides is 1. The summed E-state index contributed by atoms with van der Waals surface area (Å²) in [5.41, 5.74) is 0.969. The zero-order valence-corrected chi connectivity index (χ0v) is 19.4. The molecular weight excluding hydrogens is 402 g/mol. The zero-order valence-electron chi connectivity index (χ0n) is 18.6. The standard InChI is InChI=1S/C21H37N5O3S/c1-19-6-8-20(9-7-19)30(28,29)23-21(27)18-26-14-5-13-24(2)15-11-22-10-4-12-25(3)16-17-26/h6-9,22H,4-5,10-18H2,1-3H3,(H,23,27). The molecule has 2 rings (SSSR count). The first-order chi connectivity index (χ1) is 14.3. The largest absolute Gasteiger partial charge is 0.315 e. The summed E-state index contributed by atoms with van der Waals surface area (Å²) in [4.78, 5) is 19.2. The van der Waals surface area contributed by atoms with Crippen LogP contribution >= 0.6 is 0 Å². The number of sulfonamides is 1. The lowest BCUT2D eigenvalue weighted by atomic mass is 10.2. The van der Waals surface area contributed by atoms with Crippen LogP contribution in [0, 0.1) is 6.92 Å². The fraction of sp³-hybridized carbons (Fsp3) is 0.667. The summed E-state index contributed by atoms with van der Waals surface area (Å²) < 4.78 is 27.2. The molecule has 0 aromatic heterocycles. The Balaban J connectivity index is 1.95. The van der Waals surface area contributed by atoms with E-state index < -0.39 is 15.9 Å². The van der Waals surface area contributed by atoms with Crippen LogP contribution in [0.15, 0.2) is 29.2 Å². The van der Waals surface area contributed by atoms with E-state index >= 15 is 0 Å². The molecule has 0 aliphatic carbocycles. The molecule has 0 unspecified atom stereocenters. The Hall–Kier alpha value is -1.52. The molecule has 1 aromatic rings. The number of carbonyl (C=O) groups is 1. The SMILES string of the molecule is Cc1ccc(S(=O)(=O)NC(=O)CN2CCCN(C)CCNCCCN(C)CC2)cc1. The third-order valence-electron chi connectivity index (χ3n) is 5.32. The van der Waals surface area contributed by atoms with Gasteiger partial charge in [-0.1, -0.05) is 17.7 Å². The van der Waals surface area contributed by atoms with Crippen molar-refractivity contribution in [3.63, 3.8) is 0 Å². The Morgan fingerprint density at radius 3 is 2.33 bits per heavy atom. The van der Waals surface area contributed by atoms with E-state index in [2.05, 4.69) is 33.9 Å². The number of rotatable bonds is 4. The summed E-state index contributed by atoms with van der Waals surface area (Å²) in [5, 5.41) is 3.47. The molecule has 9 heteroatoms. The van der Waals surface area contributed by atoms with E-state index in [1.54, 1.807) is 12.1 Å². The summed E-state index contributed by atoms with van der Waals surface area (Å²) in [6, 6.07) is 6.49. The van der Waals surface area contributed by atoms with Gasteiger partial charge in [0.1, 0.15) is 0 Å². The van der Waals surface area contributed by atoms with E-state index in [1.807, 2.05) is 11.8 Å². The number of likely N-dealkylation sites (N-methyl/N-ethyl adjacent to an activating group) is 2. The van der Waals surface area contributed by atoms with Crippen LogP contribution in [0.3, 0.4) is 0 Å². The molecule has 1 fully saturated rings. The second-order valence-electron chi connectivity index (χ2n) is 8.18. The second kappa shape index (κ2) is 12.4. The van der Waals surface area contributed by atoms with Gasteiger partial charge in [-0.15, -0.1) is 0 Å². The van der Waals surface area contributed by atoms with Crippen LogP contribution in [-0.2, 0) is 14.8 Å². The third-order valence-corrected chi connectivity index (χ3v) is 6.71. The van der Waals surface area contributed by atoms with Crippen LogP contribution in [-0.4, -0.2) is 102 Å². The number of benzene rings is 1. The van der Waals surface area contributed by atoms with Gasteiger partial charge in [0.2, 0.25) is 5.91 Å². The van der Waals surface area contributed by atoms with Crippen molar-refractivity contribution in [2.75, 3.05) is 73.0 Å². The maximum Gasteiger partial charge on any atom is 0.264 e. The molecular formula is C21H37N5O3S. The van der Waals surface area contributed by atoms with Crippen LogP contribution in [0.1, 0.15) is 18.4 Å². The number of aryl methyl sites for hydroxylation is 1. The molecule has 1 aliphatic rings. The van der Waals surface area contributed by atoms with Gasteiger partial charge in [-0.05, 0) is 72.2 Å². The van der Waals surface area contributed by atoms with Gasteiger partial charge in [0.05, 0.1) is 11.4 Å². The average Bonchev–Trinajstić information content (AvgIpc) is 2.68. The minimum Gasteiger partial charge on any atom is -0.315 e. The molecule has 0 atom stereocenters. The van der Waals surface area contributed by atoms with Crippen molar-refractivity contribution >= 4 is 15.9 Å². The van der Waals surface area contributed by atoms with Gasteiger partial charge >= 0.3 is 0 Å². The molecule has 1 aliphatic heterocycles. The van der Waals surface area contributed by atoms with Crippen molar-refractivity contribution in [1.82, 2.24) is 24.7 Å². The molecule has 170 valence electrons. The smallest absolute Gasteiger partial charge is 0.264 e. The highest BCUT2D eigenvalue weighted by Crippen LogP contribution is 2.10. The van der Waals surface area contributed by atoms with E-state index in [4.69, 9.17) is 0 Å². The Bertz CT molecular complexity index is 754. The molecule has 1 heterocycles. The molecule has 1 amide bonds. The van der Waals surface area contributed by atoms with E-state index in [1.165, 1.54) is 12.1 Å². The van der Waals surface area contributed by atoms with Crippen LogP contribution in [0.2, 0.25) is 0 Å². The van der Waals surface area contributed by atoms with Crippen molar-refractivity contribution in [1.29, 1.82) is 0 Å². The third kappa shape index (κ3) is 9.09. The highest BCUT2D eigenvalue weighted by molar-refractivity contribution is 7.90. The maximum atomic E-state index is 12.5. The van der Waals surface area contributed by atoms with Gasteiger partial charge < -0.3 is 15.1 Å². The predicted molar refractivity (Wildman–Crippen MR) is 120 cm³/mol. The Morgan fingerprint density at radius 2 is 1.60 bits per heavy atom. The Labute approximate surface area is 181 Å². The quantitative estimate of drug-likeness (QED) is 0.700. The molecule has 2 N–H and O–H groups in total. The van der Waals surface area contributed by atoms with Gasteiger partial charge in [-0.3, -0.25) is 9.69 Å². The maximum absolute atomic E-state index is 12.5. The summed E-state index contributed by atoms with van der Waals surface area (Å²) in [6.45, 7) is 9.19. The molecule has 0 radical (unpaired) electrons. The normalized spacial score (nSPS) is 19.8. The molecule has 0 saturated carbocycles. The van der Waals surface area contributed by atoms with Crippen LogP contribution < -0.4 is 10.0 Å². The lowest BCUT2D eigenvalue weighted by molar-refractivity contribution is -0.120. The van der Waals surface area contributed by atoms with Gasteiger partial charge in [-0.25, -0.2) is 13.1 Å². The van der Waals surface area contributed by atoms with Gasteiger partial charge in [-0.2, -0.15) is 0 Å². The summed E-state index contributed by atoms with van der Waals surface area (Å²) in [5.74, 6) is -0.489. The van der Waals surface area contributed by atoms with Crippen molar-refractivity contribution < 1.29 is 13.2 Å². The number of nitrogens with zero attached hydrogens (tertiary/aromatic N) is 3. The number of hydrogen-bond acceptors (Lipinski definition) is 7. The van der Waals surface area contributed by atoms with Crippen molar-refractivity contribution in [2.24, 2.45) is 0 Å². The minimum atomic E-state index is -3.85. The fourth-order valence-electron chi connectivity index (χ4n) is 3.40. The molecule has 30 heavy (non-hydrogen) atoms. The monoisotopic (exact) mass is 439 g/mol. The number of hydrogen-bond donors (Lipinski definition) is 2. The van der Waals surface area contributed by atoms with Crippen molar-refractivity contribution in [2.45, 2.75) is 24.7 Å². The van der Waals surface area contributed by atoms with Crippen molar-refractivity contribution in [3.05, 3.63) is 29.8 Å². The first-order valence-electron chi connectivity index (χ1n) is 10.7. The minimum absolute atomic E-state index is 0.0736. The molecule has 0 spiro atoms. The summed E-state index contributed by atoms with van der Waals surface area (Å²) >= 11 is 0. The van der Waals surface area contributed by atoms with Gasteiger partial charge in [0, 0.05) is 26.2 Å². The molecule has 8 nitrogen and oxygen atoms in total. The van der Waals surface area contributed by atoms with Crippen LogP contribution in [0.4, 0.5) is 0 Å². The fourth-order valence-corrected chi connectivity index (χ4v) is 4.38. The lowest BCUT2D eigenvalue weighted by Gasteiger charge is -2.27. The van der Waals surface area contributed by atoms with Crippen LogP contribution in [0.5, 0.6) is 0 Å². The first kappa shape index (κ1) is 24.7. The summed E-state index contributed by atoms with van der Waals surface area (Å²) in [7, 11) is 0.340. The van der Waals surface area contributed by atoms with Gasteiger partial charge in [0.15, 0.2) is 0 Å². The lowest BCUT2D eigenvalue weighted by Crippen LogP contribution is -2.44. The molecule has 1 saturated heterocycles. The summed E-state index contributed by atoms with van der Waals surface area (Å²) in [6.07, 6.45) is 2.01. The molecule has 0 bridgehead atoms. The Morgan fingerprint density at radius 1 is 0.933 bits per heavy atom. The number of nitrogens with one attached hydrogen (secondary N) is 2. The van der Waals surface area contributed by atoms with E-state index in [0.29, 0.717) is 0 Å². The molecule has 1 aromatic carbocycles. The van der Waals surface area contributed by atoms with E-state index in [9.17, 15) is 13.2 Å². The number of carbonyl (C=O) groups excluding carboxylic acids is 1. The first-order valence-corrected chi connectivity index (χ1v) is 12.2. The second-order valence-corrected chi connectivity index (χ2v) is 9.86.